The Kier molecular flexibility index (Phi) is 4.60. The van der Waals surface area contributed by atoms with Crippen molar-refractivity contribution in [1.82, 2.24) is 0 Å². The van der Waals surface area contributed by atoms with E-state index in [9.17, 15) is 4.79 Å². The molecule has 0 saturated heterocycles. The molecule has 1 amide bonds. The number of hydrogen-bond acceptors (Lipinski definition) is 3. The summed E-state index contributed by atoms with van der Waals surface area (Å²) in [7, 11) is 1.61. The first-order valence-corrected chi connectivity index (χ1v) is 6.42. The number of carbonyl (C=O) groups excluding carboxylic acids is 1. The summed E-state index contributed by atoms with van der Waals surface area (Å²) in [4.78, 5) is 11.9. The average Bonchev–Trinajstić information content (AvgIpc) is 2.46. The van der Waals surface area contributed by atoms with Crippen LogP contribution in [-0.4, -0.2) is 19.6 Å². The highest BCUT2D eigenvalue weighted by molar-refractivity contribution is 5.93. The van der Waals surface area contributed by atoms with Crippen molar-refractivity contribution < 1.29 is 9.53 Å². The molecule has 0 saturated carbocycles. The van der Waals surface area contributed by atoms with Crippen molar-refractivity contribution in [1.29, 1.82) is 0 Å². The van der Waals surface area contributed by atoms with E-state index in [1.807, 2.05) is 55.5 Å². The Bertz CT molecular complexity index is 582. The van der Waals surface area contributed by atoms with Crippen molar-refractivity contribution >= 4 is 17.3 Å². The van der Waals surface area contributed by atoms with Gasteiger partial charge < -0.3 is 15.4 Å². The zero-order chi connectivity index (χ0) is 14.4. The van der Waals surface area contributed by atoms with Gasteiger partial charge in [0.15, 0.2) is 0 Å². The summed E-state index contributed by atoms with van der Waals surface area (Å²) in [6, 6.07) is 15.2. The van der Waals surface area contributed by atoms with Crippen LogP contribution in [0.2, 0.25) is 0 Å². The second kappa shape index (κ2) is 6.61. The van der Waals surface area contributed by atoms with Gasteiger partial charge in [-0.1, -0.05) is 24.3 Å². The molecule has 4 heteroatoms. The van der Waals surface area contributed by atoms with E-state index in [2.05, 4.69) is 10.6 Å². The fourth-order valence-corrected chi connectivity index (χ4v) is 1.86. The number of aryl methyl sites for hydroxylation is 1. The molecule has 2 rings (SSSR count). The molecule has 4 nitrogen and oxygen atoms in total. The van der Waals surface area contributed by atoms with Gasteiger partial charge in [0.1, 0.15) is 5.75 Å². The number of para-hydroxylation sites is 1. The molecule has 2 N–H and O–H groups in total. The zero-order valence-electron chi connectivity index (χ0n) is 11.6. The van der Waals surface area contributed by atoms with Crippen LogP contribution in [0.1, 0.15) is 5.56 Å². The molecule has 0 spiro atoms. The van der Waals surface area contributed by atoms with Crippen LogP contribution in [0.5, 0.6) is 5.75 Å². The van der Waals surface area contributed by atoms with Gasteiger partial charge >= 0.3 is 0 Å². The average molecular weight is 270 g/mol. The van der Waals surface area contributed by atoms with Gasteiger partial charge in [0.05, 0.1) is 19.3 Å². The number of methoxy groups -OCH3 is 1. The van der Waals surface area contributed by atoms with Crippen molar-refractivity contribution in [3.63, 3.8) is 0 Å². The van der Waals surface area contributed by atoms with Crippen molar-refractivity contribution in [3.8, 4) is 5.75 Å². The monoisotopic (exact) mass is 270 g/mol. The van der Waals surface area contributed by atoms with Gasteiger partial charge in [-0.2, -0.15) is 0 Å². The van der Waals surface area contributed by atoms with Gasteiger partial charge in [0, 0.05) is 5.69 Å². The summed E-state index contributed by atoms with van der Waals surface area (Å²) in [5.74, 6) is 0.628. The predicted molar refractivity (Wildman–Crippen MR) is 81.3 cm³/mol. The fourth-order valence-electron chi connectivity index (χ4n) is 1.86. The SMILES string of the molecule is COc1ccc(C)cc1NCC(=O)Nc1ccccc1. The predicted octanol–water partition coefficient (Wildman–Crippen LogP) is 3.05. The Hall–Kier alpha value is -2.49. The molecule has 0 unspecified atom stereocenters. The maximum Gasteiger partial charge on any atom is 0.243 e. The molecule has 0 aromatic heterocycles. The molecule has 20 heavy (non-hydrogen) atoms. The van der Waals surface area contributed by atoms with E-state index < -0.39 is 0 Å². The number of amides is 1. The zero-order valence-corrected chi connectivity index (χ0v) is 11.6. The van der Waals surface area contributed by atoms with Crippen LogP contribution in [0.3, 0.4) is 0 Å². The van der Waals surface area contributed by atoms with Gasteiger partial charge in [0.25, 0.3) is 0 Å². The number of carbonyl (C=O) groups is 1. The van der Waals surface area contributed by atoms with E-state index in [0.717, 1.165) is 22.7 Å². The van der Waals surface area contributed by atoms with E-state index in [4.69, 9.17) is 4.74 Å². The summed E-state index contributed by atoms with van der Waals surface area (Å²) in [5.41, 5.74) is 2.71. The molecule has 0 fully saturated rings. The van der Waals surface area contributed by atoms with Crippen molar-refractivity contribution in [3.05, 3.63) is 54.1 Å². The molecule has 0 aliphatic carbocycles. The Balaban J connectivity index is 1.95. The van der Waals surface area contributed by atoms with Gasteiger partial charge in [0.2, 0.25) is 5.91 Å². The first-order chi connectivity index (χ1) is 9.69. The largest absolute Gasteiger partial charge is 0.495 e. The van der Waals surface area contributed by atoms with Gasteiger partial charge in [-0.25, -0.2) is 0 Å². The number of ether oxygens (including phenoxy) is 1. The topological polar surface area (TPSA) is 50.4 Å². The van der Waals surface area contributed by atoms with E-state index in [-0.39, 0.29) is 12.5 Å². The molecule has 104 valence electrons. The lowest BCUT2D eigenvalue weighted by atomic mass is 10.2. The van der Waals surface area contributed by atoms with Gasteiger partial charge in [-0.05, 0) is 36.8 Å². The standard InChI is InChI=1S/C16H18N2O2/c1-12-8-9-15(20-2)14(10-12)17-11-16(19)18-13-6-4-3-5-7-13/h3-10,17H,11H2,1-2H3,(H,18,19). The fraction of sp³-hybridized carbons (Fsp3) is 0.188. The van der Waals surface area contributed by atoms with Crippen LogP contribution in [0.4, 0.5) is 11.4 Å². The molecule has 0 atom stereocenters. The lowest BCUT2D eigenvalue weighted by Crippen LogP contribution is -2.21. The Morgan fingerprint density at radius 2 is 1.90 bits per heavy atom. The summed E-state index contributed by atoms with van der Waals surface area (Å²) in [6.45, 7) is 2.18. The lowest BCUT2D eigenvalue weighted by Gasteiger charge is -2.12. The highest BCUT2D eigenvalue weighted by Gasteiger charge is 2.06. The lowest BCUT2D eigenvalue weighted by molar-refractivity contribution is -0.114. The molecular weight excluding hydrogens is 252 g/mol. The molecule has 0 heterocycles. The molecule has 0 radical (unpaired) electrons. The highest BCUT2D eigenvalue weighted by Crippen LogP contribution is 2.24. The second-order valence-corrected chi connectivity index (χ2v) is 4.47. The van der Waals surface area contributed by atoms with E-state index in [1.165, 1.54) is 0 Å². The number of benzene rings is 2. The van der Waals surface area contributed by atoms with E-state index in [0.29, 0.717) is 0 Å². The first kappa shape index (κ1) is 13.9. The highest BCUT2D eigenvalue weighted by atomic mass is 16.5. The van der Waals surface area contributed by atoms with Crippen molar-refractivity contribution in [2.75, 3.05) is 24.3 Å². The minimum atomic E-state index is -0.0974. The summed E-state index contributed by atoms with van der Waals surface area (Å²) >= 11 is 0. The summed E-state index contributed by atoms with van der Waals surface area (Å²) in [6.07, 6.45) is 0. The maximum atomic E-state index is 11.9. The molecule has 0 aliphatic heterocycles. The van der Waals surface area contributed by atoms with E-state index in [1.54, 1.807) is 7.11 Å². The quantitative estimate of drug-likeness (QED) is 0.878. The molecule has 2 aromatic carbocycles. The molecular formula is C16H18N2O2. The third-order valence-electron chi connectivity index (χ3n) is 2.85. The van der Waals surface area contributed by atoms with Gasteiger partial charge in [-0.15, -0.1) is 0 Å². The molecule has 0 aliphatic rings. The minimum absolute atomic E-state index is 0.0974. The van der Waals surface area contributed by atoms with Crippen LogP contribution in [-0.2, 0) is 4.79 Å². The normalized spacial score (nSPS) is 9.90. The molecule has 0 bridgehead atoms. The number of hydrogen-bond donors (Lipinski definition) is 2. The number of nitrogens with one attached hydrogen (secondary N) is 2. The molecule has 2 aromatic rings. The van der Waals surface area contributed by atoms with Crippen LogP contribution in [0.25, 0.3) is 0 Å². The van der Waals surface area contributed by atoms with Crippen LogP contribution < -0.4 is 15.4 Å². The Morgan fingerprint density at radius 3 is 2.60 bits per heavy atom. The Morgan fingerprint density at radius 1 is 1.15 bits per heavy atom. The van der Waals surface area contributed by atoms with Crippen molar-refractivity contribution in [2.45, 2.75) is 6.92 Å². The van der Waals surface area contributed by atoms with Crippen LogP contribution >= 0.6 is 0 Å². The summed E-state index contributed by atoms with van der Waals surface area (Å²) in [5, 5.41) is 5.91. The smallest absolute Gasteiger partial charge is 0.243 e. The van der Waals surface area contributed by atoms with Crippen LogP contribution in [0, 0.1) is 6.92 Å². The van der Waals surface area contributed by atoms with Crippen molar-refractivity contribution in [2.24, 2.45) is 0 Å². The van der Waals surface area contributed by atoms with Crippen LogP contribution in [0.15, 0.2) is 48.5 Å². The third-order valence-corrected chi connectivity index (χ3v) is 2.85. The first-order valence-electron chi connectivity index (χ1n) is 6.42. The number of rotatable bonds is 5. The van der Waals surface area contributed by atoms with E-state index >= 15 is 0 Å². The number of anilines is 2. The summed E-state index contributed by atoms with van der Waals surface area (Å²) < 4.78 is 5.26. The third kappa shape index (κ3) is 3.75. The van der Waals surface area contributed by atoms with Gasteiger partial charge in [-0.3, -0.25) is 4.79 Å². The Labute approximate surface area is 118 Å². The maximum absolute atomic E-state index is 11.9. The minimum Gasteiger partial charge on any atom is -0.495 e. The second-order valence-electron chi connectivity index (χ2n) is 4.47.